The van der Waals surface area contributed by atoms with Gasteiger partial charge in [0.25, 0.3) is 0 Å². The summed E-state index contributed by atoms with van der Waals surface area (Å²) in [6, 6.07) is 12.3. The Bertz CT molecular complexity index is 477. The summed E-state index contributed by atoms with van der Waals surface area (Å²) in [6.45, 7) is 1.96. The van der Waals surface area contributed by atoms with Crippen LogP contribution >= 0.6 is 0 Å². The van der Waals surface area contributed by atoms with Crippen LogP contribution < -0.4 is 10.5 Å². The van der Waals surface area contributed by atoms with Gasteiger partial charge in [-0.1, -0.05) is 36.4 Å². The van der Waals surface area contributed by atoms with Crippen molar-refractivity contribution in [3.63, 3.8) is 0 Å². The van der Waals surface area contributed by atoms with Crippen molar-refractivity contribution in [3.8, 4) is 5.75 Å². The highest BCUT2D eigenvalue weighted by atomic mass is 16.5. The van der Waals surface area contributed by atoms with Crippen LogP contribution in [0.25, 0.3) is 10.8 Å². The van der Waals surface area contributed by atoms with Crippen LogP contribution in [0.3, 0.4) is 0 Å². The van der Waals surface area contributed by atoms with Crippen LogP contribution in [-0.2, 0) is 0 Å². The smallest absolute Gasteiger partial charge is 0.131 e. The third kappa shape index (κ3) is 1.68. The minimum atomic E-state index is -0.00967. The van der Waals surface area contributed by atoms with Gasteiger partial charge in [-0.2, -0.15) is 0 Å². The summed E-state index contributed by atoms with van der Waals surface area (Å²) in [5.41, 5.74) is 6.95. The summed E-state index contributed by atoms with van der Waals surface area (Å²) in [5, 5.41) is 2.30. The fraction of sp³-hybridized carbons (Fsp3) is 0.231. The Morgan fingerprint density at radius 1 is 1.13 bits per heavy atom. The maximum absolute atomic E-state index is 5.90. The summed E-state index contributed by atoms with van der Waals surface area (Å²) in [4.78, 5) is 0. The third-order valence-electron chi connectivity index (χ3n) is 2.60. The van der Waals surface area contributed by atoms with Gasteiger partial charge in [-0.25, -0.2) is 0 Å². The first-order valence-corrected chi connectivity index (χ1v) is 5.05. The fourth-order valence-corrected chi connectivity index (χ4v) is 1.85. The lowest BCUT2D eigenvalue weighted by Crippen LogP contribution is -2.07. The molecule has 0 bridgehead atoms. The first-order chi connectivity index (χ1) is 7.24. The zero-order valence-electron chi connectivity index (χ0n) is 9.03. The van der Waals surface area contributed by atoms with E-state index < -0.39 is 0 Å². The minimum Gasteiger partial charge on any atom is -0.496 e. The van der Waals surface area contributed by atoms with Crippen molar-refractivity contribution in [2.75, 3.05) is 7.11 Å². The van der Waals surface area contributed by atoms with Crippen molar-refractivity contribution in [2.24, 2.45) is 5.73 Å². The van der Waals surface area contributed by atoms with Crippen molar-refractivity contribution in [1.82, 2.24) is 0 Å². The number of ether oxygens (including phenoxy) is 1. The van der Waals surface area contributed by atoms with Gasteiger partial charge in [0, 0.05) is 17.0 Å². The number of hydrogen-bond acceptors (Lipinski definition) is 2. The first kappa shape index (κ1) is 9.99. The molecule has 2 nitrogen and oxygen atoms in total. The Kier molecular flexibility index (Phi) is 2.60. The number of nitrogens with two attached hydrogens (primary N) is 1. The van der Waals surface area contributed by atoms with Gasteiger partial charge in [-0.05, 0) is 12.3 Å². The normalized spacial score (nSPS) is 12.7. The molecule has 2 aromatic rings. The van der Waals surface area contributed by atoms with Gasteiger partial charge in [-0.15, -0.1) is 0 Å². The van der Waals surface area contributed by atoms with Gasteiger partial charge in [0.15, 0.2) is 0 Å². The Balaban J connectivity index is 2.75. The average molecular weight is 201 g/mol. The summed E-state index contributed by atoms with van der Waals surface area (Å²) in [6.07, 6.45) is 0. The predicted molar refractivity (Wildman–Crippen MR) is 63.1 cm³/mol. The predicted octanol–water partition coefficient (Wildman–Crippen LogP) is 2.87. The largest absolute Gasteiger partial charge is 0.496 e. The third-order valence-corrected chi connectivity index (χ3v) is 2.60. The van der Waals surface area contributed by atoms with Crippen LogP contribution in [0.15, 0.2) is 36.4 Å². The van der Waals surface area contributed by atoms with Crippen LogP contribution in [0.1, 0.15) is 18.5 Å². The molecule has 0 unspecified atom stereocenters. The van der Waals surface area contributed by atoms with E-state index in [0.717, 1.165) is 16.7 Å². The SMILES string of the molecule is COc1c([C@H](C)N)ccc2ccccc12. The van der Waals surface area contributed by atoms with Crippen molar-refractivity contribution in [1.29, 1.82) is 0 Å². The van der Waals surface area contributed by atoms with Crippen LogP contribution in [0.2, 0.25) is 0 Å². The van der Waals surface area contributed by atoms with Gasteiger partial charge in [-0.3, -0.25) is 0 Å². The molecule has 0 aromatic heterocycles. The molecule has 0 fully saturated rings. The van der Waals surface area contributed by atoms with E-state index in [9.17, 15) is 0 Å². The molecular formula is C13H15NO. The van der Waals surface area contributed by atoms with E-state index in [1.54, 1.807) is 7.11 Å². The zero-order valence-corrected chi connectivity index (χ0v) is 9.03. The van der Waals surface area contributed by atoms with Crippen LogP contribution in [0.5, 0.6) is 5.75 Å². The number of methoxy groups -OCH3 is 1. The number of rotatable bonds is 2. The van der Waals surface area contributed by atoms with Crippen LogP contribution in [0, 0.1) is 0 Å². The molecule has 15 heavy (non-hydrogen) atoms. The Morgan fingerprint density at radius 2 is 1.87 bits per heavy atom. The lowest BCUT2D eigenvalue weighted by molar-refractivity contribution is 0.412. The summed E-state index contributed by atoms with van der Waals surface area (Å²) in [5.74, 6) is 0.892. The maximum atomic E-state index is 5.90. The first-order valence-electron chi connectivity index (χ1n) is 5.05. The van der Waals surface area contributed by atoms with Gasteiger partial charge < -0.3 is 10.5 Å². The van der Waals surface area contributed by atoms with Crippen LogP contribution in [0.4, 0.5) is 0 Å². The van der Waals surface area contributed by atoms with Gasteiger partial charge in [0.1, 0.15) is 5.75 Å². The molecule has 0 aliphatic heterocycles. The zero-order chi connectivity index (χ0) is 10.8. The lowest BCUT2D eigenvalue weighted by Gasteiger charge is -2.14. The number of benzene rings is 2. The molecule has 2 N–H and O–H groups in total. The fourth-order valence-electron chi connectivity index (χ4n) is 1.85. The molecule has 78 valence electrons. The monoisotopic (exact) mass is 201 g/mol. The minimum absolute atomic E-state index is 0.00967. The van der Waals surface area contributed by atoms with E-state index >= 15 is 0 Å². The van der Waals surface area contributed by atoms with E-state index in [4.69, 9.17) is 10.5 Å². The summed E-state index contributed by atoms with van der Waals surface area (Å²) in [7, 11) is 1.69. The molecule has 0 saturated carbocycles. The Labute approximate surface area is 89.7 Å². The summed E-state index contributed by atoms with van der Waals surface area (Å²) < 4.78 is 5.44. The van der Waals surface area contributed by atoms with Crippen molar-refractivity contribution >= 4 is 10.8 Å². The average Bonchev–Trinajstić information content (AvgIpc) is 2.27. The molecule has 0 spiro atoms. The van der Waals surface area contributed by atoms with Crippen molar-refractivity contribution < 1.29 is 4.74 Å². The lowest BCUT2D eigenvalue weighted by atomic mass is 10.0. The molecule has 0 heterocycles. The van der Waals surface area contributed by atoms with E-state index in [2.05, 4.69) is 18.2 Å². The Hall–Kier alpha value is -1.54. The molecule has 0 aliphatic carbocycles. The highest BCUT2D eigenvalue weighted by Crippen LogP contribution is 2.32. The molecule has 0 radical (unpaired) electrons. The van der Waals surface area contributed by atoms with Crippen molar-refractivity contribution in [2.45, 2.75) is 13.0 Å². The van der Waals surface area contributed by atoms with E-state index in [-0.39, 0.29) is 6.04 Å². The highest BCUT2D eigenvalue weighted by molar-refractivity contribution is 5.89. The molecule has 1 atom stereocenters. The second-order valence-electron chi connectivity index (χ2n) is 3.70. The quantitative estimate of drug-likeness (QED) is 0.810. The van der Waals surface area contributed by atoms with Crippen LogP contribution in [-0.4, -0.2) is 7.11 Å². The Morgan fingerprint density at radius 3 is 2.53 bits per heavy atom. The molecule has 0 aliphatic rings. The standard InChI is InChI=1S/C13H15NO/c1-9(14)11-8-7-10-5-3-4-6-12(10)13(11)15-2/h3-9H,14H2,1-2H3/t9-/m0/s1. The molecule has 2 aromatic carbocycles. The maximum Gasteiger partial charge on any atom is 0.131 e. The molecule has 2 rings (SSSR count). The number of fused-ring (bicyclic) bond motifs is 1. The van der Waals surface area contributed by atoms with E-state index in [1.807, 2.05) is 25.1 Å². The molecular weight excluding hydrogens is 186 g/mol. The van der Waals surface area contributed by atoms with Gasteiger partial charge >= 0.3 is 0 Å². The van der Waals surface area contributed by atoms with Gasteiger partial charge in [0.2, 0.25) is 0 Å². The molecule has 0 amide bonds. The van der Waals surface area contributed by atoms with Crippen molar-refractivity contribution in [3.05, 3.63) is 42.0 Å². The molecule has 2 heteroatoms. The van der Waals surface area contributed by atoms with E-state index in [0.29, 0.717) is 0 Å². The second-order valence-corrected chi connectivity index (χ2v) is 3.70. The topological polar surface area (TPSA) is 35.2 Å². The highest BCUT2D eigenvalue weighted by Gasteiger charge is 2.10. The molecule has 0 saturated heterocycles. The summed E-state index contributed by atoms with van der Waals surface area (Å²) >= 11 is 0. The number of hydrogen-bond donors (Lipinski definition) is 1. The van der Waals surface area contributed by atoms with Gasteiger partial charge in [0.05, 0.1) is 7.11 Å². The van der Waals surface area contributed by atoms with E-state index in [1.165, 1.54) is 5.39 Å². The second kappa shape index (κ2) is 3.91.